The van der Waals surface area contributed by atoms with Crippen molar-refractivity contribution < 1.29 is 14.3 Å². The zero-order chi connectivity index (χ0) is 18.8. The minimum Gasteiger partial charge on any atom is -0.494 e. The van der Waals surface area contributed by atoms with Crippen LogP contribution in [0.25, 0.3) is 0 Å². The van der Waals surface area contributed by atoms with Crippen LogP contribution in [-0.2, 0) is 16.0 Å². The molecule has 140 valence electrons. The van der Waals surface area contributed by atoms with Gasteiger partial charge in [0.05, 0.1) is 18.4 Å². The van der Waals surface area contributed by atoms with Gasteiger partial charge in [0, 0.05) is 17.9 Å². The van der Waals surface area contributed by atoms with Gasteiger partial charge in [-0.3, -0.25) is 9.59 Å². The molecule has 5 nitrogen and oxygen atoms in total. The highest BCUT2D eigenvalue weighted by molar-refractivity contribution is 6.04. The summed E-state index contributed by atoms with van der Waals surface area (Å²) in [6.07, 6.45) is 2.60. The Morgan fingerprint density at radius 2 is 1.89 bits per heavy atom. The van der Waals surface area contributed by atoms with Crippen LogP contribution >= 0.6 is 0 Å². The van der Waals surface area contributed by atoms with Gasteiger partial charge in [-0.05, 0) is 62.1 Å². The van der Waals surface area contributed by atoms with Gasteiger partial charge in [0.15, 0.2) is 0 Å². The largest absolute Gasteiger partial charge is 0.494 e. The van der Waals surface area contributed by atoms with Crippen molar-refractivity contribution in [2.24, 2.45) is 11.8 Å². The SMILES string of the molecule is CCOc1ccc(NC(=O)C2CC2C(=O)N2CCCc3ccccc32)cc1. The summed E-state index contributed by atoms with van der Waals surface area (Å²) in [5, 5.41) is 2.91. The summed E-state index contributed by atoms with van der Waals surface area (Å²) in [6, 6.07) is 15.4. The molecule has 0 saturated heterocycles. The molecule has 1 saturated carbocycles. The third-order valence-corrected chi connectivity index (χ3v) is 5.25. The maximum atomic E-state index is 12.9. The number of amides is 2. The highest BCUT2D eigenvalue weighted by Crippen LogP contribution is 2.42. The van der Waals surface area contributed by atoms with Crippen molar-refractivity contribution in [3.05, 3.63) is 54.1 Å². The zero-order valence-corrected chi connectivity index (χ0v) is 15.5. The monoisotopic (exact) mass is 364 g/mol. The summed E-state index contributed by atoms with van der Waals surface area (Å²) in [6.45, 7) is 3.28. The number of fused-ring (bicyclic) bond motifs is 1. The van der Waals surface area contributed by atoms with E-state index >= 15 is 0 Å². The molecule has 1 heterocycles. The molecule has 0 spiro atoms. The van der Waals surface area contributed by atoms with Crippen LogP contribution in [0.5, 0.6) is 5.75 Å². The summed E-state index contributed by atoms with van der Waals surface area (Å²) in [4.78, 5) is 27.3. The van der Waals surface area contributed by atoms with E-state index in [1.807, 2.05) is 54.3 Å². The molecule has 0 aromatic heterocycles. The number of ether oxygens (including phenoxy) is 1. The van der Waals surface area contributed by atoms with E-state index in [1.54, 1.807) is 0 Å². The van der Waals surface area contributed by atoms with Crippen molar-refractivity contribution in [2.45, 2.75) is 26.2 Å². The number of carbonyl (C=O) groups is 2. The molecular weight excluding hydrogens is 340 g/mol. The van der Waals surface area contributed by atoms with Crippen LogP contribution in [0.15, 0.2) is 48.5 Å². The normalized spacial score (nSPS) is 20.6. The molecule has 2 aromatic rings. The minimum absolute atomic E-state index is 0.0778. The van der Waals surface area contributed by atoms with Crippen molar-refractivity contribution >= 4 is 23.2 Å². The molecule has 27 heavy (non-hydrogen) atoms. The fourth-order valence-electron chi connectivity index (χ4n) is 3.76. The van der Waals surface area contributed by atoms with Gasteiger partial charge in [-0.2, -0.15) is 0 Å². The lowest BCUT2D eigenvalue weighted by molar-refractivity contribution is -0.123. The summed E-state index contributed by atoms with van der Waals surface area (Å²) >= 11 is 0. The second kappa shape index (κ2) is 7.43. The van der Waals surface area contributed by atoms with E-state index in [0.29, 0.717) is 13.0 Å². The van der Waals surface area contributed by atoms with Gasteiger partial charge in [0.25, 0.3) is 0 Å². The Balaban J connectivity index is 1.38. The molecular formula is C22H24N2O3. The number of benzene rings is 2. The molecule has 2 atom stereocenters. The molecule has 2 aliphatic rings. The molecule has 5 heteroatoms. The number of carbonyl (C=O) groups excluding carboxylic acids is 2. The number of aryl methyl sites for hydroxylation is 1. The van der Waals surface area contributed by atoms with Gasteiger partial charge in [-0.1, -0.05) is 18.2 Å². The molecule has 0 bridgehead atoms. The standard InChI is InChI=1S/C22H24N2O3/c1-2-27-17-11-9-16(10-12-17)23-21(25)18-14-19(18)22(26)24-13-5-7-15-6-3-4-8-20(15)24/h3-4,6,8-12,18-19H,2,5,7,13-14H2,1H3,(H,23,25). The Hall–Kier alpha value is -2.82. The van der Waals surface area contributed by atoms with Gasteiger partial charge in [0.1, 0.15) is 5.75 Å². The minimum atomic E-state index is -0.238. The van der Waals surface area contributed by atoms with Crippen LogP contribution in [0.4, 0.5) is 11.4 Å². The Morgan fingerprint density at radius 1 is 1.11 bits per heavy atom. The predicted octanol–water partition coefficient (Wildman–Crippen LogP) is 3.64. The lowest BCUT2D eigenvalue weighted by Crippen LogP contribution is -2.37. The highest BCUT2D eigenvalue weighted by Gasteiger charge is 2.50. The van der Waals surface area contributed by atoms with Crippen LogP contribution < -0.4 is 15.0 Å². The molecule has 4 rings (SSSR count). The van der Waals surface area contributed by atoms with E-state index in [9.17, 15) is 9.59 Å². The number of para-hydroxylation sites is 1. The van der Waals surface area contributed by atoms with Crippen molar-refractivity contribution in [1.29, 1.82) is 0 Å². The maximum Gasteiger partial charge on any atom is 0.230 e. The van der Waals surface area contributed by atoms with Crippen molar-refractivity contribution in [3.63, 3.8) is 0 Å². The van der Waals surface area contributed by atoms with E-state index in [2.05, 4.69) is 11.4 Å². The Morgan fingerprint density at radius 3 is 2.67 bits per heavy atom. The average Bonchev–Trinajstić information content (AvgIpc) is 3.50. The van der Waals surface area contributed by atoms with Gasteiger partial charge >= 0.3 is 0 Å². The molecule has 1 aliphatic heterocycles. The third-order valence-electron chi connectivity index (χ3n) is 5.25. The number of hydrogen-bond acceptors (Lipinski definition) is 3. The first kappa shape index (κ1) is 17.6. The second-order valence-electron chi connectivity index (χ2n) is 7.12. The van der Waals surface area contributed by atoms with Crippen LogP contribution in [0, 0.1) is 11.8 Å². The van der Waals surface area contributed by atoms with Gasteiger partial charge < -0.3 is 15.0 Å². The lowest BCUT2D eigenvalue weighted by Gasteiger charge is -2.29. The van der Waals surface area contributed by atoms with Crippen LogP contribution in [0.2, 0.25) is 0 Å². The van der Waals surface area contributed by atoms with E-state index < -0.39 is 0 Å². The first-order valence-corrected chi connectivity index (χ1v) is 9.60. The predicted molar refractivity (Wildman–Crippen MR) is 105 cm³/mol. The first-order chi connectivity index (χ1) is 13.2. The summed E-state index contributed by atoms with van der Waals surface area (Å²) in [7, 11) is 0. The Labute approximate surface area is 159 Å². The van der Waals surface area contributed by atoms with Crippen molar-refractivity contribution in [2.75, 3.05) is 23.4 Å². The first-order valence-electron chi connectivity index (χ1n) is 9.60. The summed E-state index contributed by atoms with van der Waals surface area (Å²) < 4.78 is 5.41. The van der Waals surface area contributed by atoms with E-state index in [4.69, 9.17) is 4.74 Å². The van der Waals surface area contributed by atoms with E-state index in [0.717, 1.165) is 36.5 Å². The van der Waals surface area contributed by atoms with Gasteiger partial charge in [-0.25, -0.2) is 0 Å². The number of nitrogens with one attached hydrogen (secondary N) is 1. The molecule has 2 unspecified atom stereocenters. The van der Waals surface area contributed by atoms with Crippen LogP contribution in [0.3, 0.4) is 0 Å². The fraction of sp³-hybridized carbons (Fsp3) is 0.364. The molecule has 1 N–H and O–H groups in total. The van der Waals surface area contributed by atoms with E-state index in [1.165, 1.54) is 5.56 Å². The molecule has 0 radical (unpaired) electrons. The number of hydrogen-bond donors (Lipinski definition) is 1. The third kappa shape index (κ3) is 3.68. The number of nitrogens with zero attached hydrogens (tertiary/aromatic N) is 1. The lowest BCUT2D eigenvalue weighted by atomic mass is 10.0. The smallest absolute Gasteiger partial charge is 0.230 e. The molecule has 2 aromatic carbocycles. The number of anilines is 2. The Bertz CT molecular complexity index is 847. The average molecular weight is 364 g/mol. The highest BCUT2D eigenvalue weighted by atomic mass is 16.5. The molecule has 1 aliphatic carbocycles. The van der Waals surface area contributed by atoms with E-state index in [-0.39, 0.29) is 23.7 Å². The maximum absolute atomic E-state index is 12.9. The topological polar surface area (TPSA) is 58.6 Å². The number of rotatable bonds is 5. The Kier molecular flexibility index (Phi) is 4.84. The fourth-order valence-corrected chi connectivity index (χ4v) is 3.76. The van der Waals surface area contributed by atoms with Crippen LogP contribution in [-0.4, -0.2) is 25.0 Å². The van der Waals surface area contributed by atoms with Gasteiger partial charge in [-0.15, -0.1) is 0 Å². The van der Waals surface area contributed by atoms with Crippen molar-refractivity contribution in [1.82, 2.24) is 0 Å². The molecule has 1 fully saturated rings. The second-order valence-corrected chi connectivity index (χ2v) is 7.12. The molecule has 2 amide bonds. The quantitative estimate of drug-likeness (QED) is 0.881. The zero-order valence-electron chi connectivity index (χ0n) is 15.5. The van der Waals surface area contributed by atoms with Crippen molar-refractivity contribution in [3.8, 4) is 5.75 Å². The summed E-state index contributed by atoms with van der Waals surface area (Å²) in [5.74, 6) is 0.326. The van der Waals surface area contributed by atoms with Gasteiger partial charge in [0.2, 0.25) is 11.8 Å². The van der Waals surface area contributed by atoms with Crippen LogP contribution in [0.1, 0.15) is 25.3 Å². The summed E-state index contributed by atoms with van der Waals surface area (Å²) in [5.41, 5.74) is 2.95.